The van der Waals surface area contributed by atoms with Crippen molar-refractivity contribution in [2.45, 2.75) is 18.4 Å². The lowest BCUT2D eigenvalue weighted by molar-refractivity contribution is 0.322. The van der Waals surface area contributed by atoms with E-state index in [2.05, 4.69) is 15.6 Å². The average molecular weight is 345 g/mol. The summed E-state index contributed by atoms with van der Waals surface area (Å²) in [6.07, 6.45) is 0.680. The van der Waals surface area contributed by atoms with Crippen molar-refractivity contribution < 1.29 is 13.5 Å². The number of guanidine groups is 1. The Morgan fingerprint density at radius 3 is 2.52 bits per heavy atom. The van der Waals surface area contributed by atoms with Gasteiger partial charge in [-0.15, -0.1) is 0 Å². The maximum atomic E-state index is 13.8. The minimum atomic E-state index is -0.492. The van der Waals surface area contributed by atoms with E-state index in [1.165, 1.54) is 18.2 Å². The number of nitrogens with zero attached hydrogens (tertiary/aromatic N) is 1. The topological polar surface area (TPSA) is 45.7 Å². The molecule has 2 atom stereocenters. The Hall–Kier alpha value is -2.63. The highest BCUT2D eigenvalue weighted by Crippen LogP contribution is 2.42. The smallest absolute Gasteiger partial charge is 0.191 e. The minimum Gasteiger partial charge on any atom is -0.492 e. The van der Waals surface area contributed by atoms with Crippen molar-refractivity contribution in [3.05, 3.63) is 65.7 Å². The molecule has 0 aromatic heterocycles. The molecule has 1 aliphatic carbocycles. The van der Waals surface area contributed by atoms with Gasteiger partial charge >= 0.3 is 0 Å². The summed E-state index contributed by atoms with van der Waals surface area (Å²) in [5.41, 5.74) is 0.155. The van der Waals surface area contributed by atoms with E-state index in [1.807, 2.05) is 30.3 Å². The van der Waals surface area contributed by atoms with Crippen LogP contribution in [-0.4, -0.2) is 32.2 Å². The van der Waals surface area contributed by atoms with Crippen LogP contribution >= 0.6 is 0 Å². The van der Waals surface area contributed by atoms with Gasteiger partial charge in [0.1, 0.15) is 24.0 Å². The Morgan fingerprint density at radius 1 is 1.12 bits per heavy atom. The van der Waals surface area contributed by atoms with Crippen LogP contribution in [0.3, 0.4) is 0 Å². The van der Waals surface area contributed by atoms with Crippen LogP contribution in [0.1, 0.15) is 17.9 Å². The fourth-order valence-corrected chi connectivity index (χ4v) is 2.76. The number of ether oxygens (including phenoxy) is 1. The quantitative estimate of drug-likeness (QED) is 0.480. The van der Waals surface area contributed by atoms with E-state index in [1.54, 1.807) is 7.05 Å². The van der Waals surface area contributed by atoms with Crippen molar-refractivity contribution in [3.63, 3.8) is 0 Å². The predicted molar refractivity (Wildman–Crippen MR) is 93.9 cm³/mol. The largest absolute Gasteiger partial charge is 0.492 e. The highest BCUT2D eigenvalue weighted by atomic mass is 19.1. The molecule has 4 nitrogen and oxygen atoms in total. The van der Waals surface area contributed by atoms with Crippen molar-refractivity contribution in [2.24, 2.45) is 4.99 Å². The first kappa shape index (κ1) is 17.2. The van der Waals surface area contributed by atoms with Crippen LogP contribution < -0.4 is 15.4 Å². The molecule has 0 spiro atoms. The lowest BCUT2D eigenvalue weighted by atomic mass is 10.1. The fraction of sp³-hybridized carbons (Fsp3) is 0.316. The van der Waals surface area contributed by atoms with E-state index < -0.39 is 11.6 Å². The fourth-order valence-electron chi connectivity index (χ4n) is 2.76. The molecule has 2 unspecified atom stereocenters. The van der Waals surface area contributed by atoms with Crippen molar-refractivity contribution in [1.29, 1.82) is 0 Å². The third-order valence-corrected chi connectivity index (χ3v) is 4.11. The molecule has 0 radical (unpaired) electrons. The summed E-state index contributed by atoms with van der Waals surface area (Å²) in [4.78, 5) is 4.14. The highest BCUT2D eigenvalue weighted by molar-refractivity contribution is 5.80. The van der Waals surface area contributed by atoms with E-state index in [0.717, 1.165) is 5.75 Å². The van der Waals surface area contributed by atoms with E-state index in [0.29, 0.717) is 25.5 Å². The molecular formula is C19H21F2N3O. The summed E-state index contributed by atoms with van der Waals surface area (Å²) < 4.78 is 33.2. The molecule has 2 N–H and O–H groups in total. The molecule has 0 saturated heterocycles. The van der Waals surface area contributed by atoms with Gasteiger partial charge in [0.2, 0.25) is 0 Å². The molecule has 0 bridgehead atoms. The zero-order chi connectivity index (χ0) is 17.6. The third kappa shape index (κ3) is 4.47. The first-order chi connectivity index (χ1) is 12.2. The zero-order valence-corrected chi connectivity index (χ0v) is 14.0. The Morgan fingerprint density at radius 2 is 1.84 bits per heavy atom. The number of aliphatic imine (C=N–C) groups is 1. The Balaban J connectivity index is 1.44. The summed E-state index contributed by atoms with van der Waals surface area (Å²) in [5, 5.41) is 6.33. The van der Waals surface area contributed by atoms with E-state index in [-0.39, 0.29) is 17.5 Å². The number of rotatable bonds is 6. The number of nitrogens with one attached hydrogen (secondary N) is 2. The number of para-hydroxylation sites is 1. The molecule has 0 aliphatic heterocycles. The maximum absolute atomic E-state index is 13.8. The third-order valence-electron chi connectivity index (χ3n) is 4.11. The maximum Gasteiger partial charge on any atom is 0.191 e. The number of hydrogen-bond acceptors (Lipinski definition) is 2. The Labute approximate surface area is 145 Å². The second kappa shape index (κ2) is 7.96. The monoisotopic (exact) mass is 345 g/mol. The van der Waals surface area contributed by atoms with E-state index in [9.17, 15) is 8.78 Å². The van der Waals surface area contributed by atoms with Gasteiger partial charge in [-0.05, 0) is 30.7 Å². The van der Waals surface area contributed by atoms with Crippen LogP contribution in [0.4, 0.5) is 8.78 Å². The van der Waals surface area contributed by atoms with Gasteiger partial charge in [0.15, 0.2) is 5.96 Å². The molecule has 0 heterocycles. The summed E-state index contributed by atoms with van der Waals surface area (Å²) in [7, 11) is 1.66. The number of halogens is 2. The van der Waals surface area contributed by atoms with Crippen molar-refractivity contribution in [2.75, 3.05) is 20.2 Å². The van der Waals surface area contributed by atoms with Gasteiger partial charge in [-0.2, -0.15) is 0 Å². The number of hydrogen-bond donors (Lipinski definition) is 2. The van der Waals surface area contributed by atoms with Crippen LogP contribution in [0.25, 0.3) is 0 Å². The van der Waals surface area contributed by atoms with Gasteiger partial charge < -0.3 is 15.4 Å². The Kier molecular flexibility index (Phi) is 5.48. The molecule has 1 saturated carbocycles. The SMILES string of the molecule is CN=C(NCCOc1ccccc1)NC1CC1c1c(F)cccc1F. The lowest BCUT2D eigenvalue weighted by Crippen LogP contribution is -2.40. The van der Waals surface area contributed by atoms with Gasteiger partial charge in [-0.3, -0.25) is 4.99 Å². The molecule has 2 aromatic carbocycles. The van der Waals surface area contributed by atoms with Gasteiger partial charge in [0.25, 0.3) is 0 Å². The number of benzene rings is 2. The molecule has 2 aromatic rings. The molecule has 132 valence electrons. The first-order valence-electron chi connectivity index (χ1n) is 8.28. The summed E-state index contributed by atoms with van der Waals surface area (Å²) >= 11 is 0. The second-order valence-electron chi connectivity index (χ2n) is 5.89. The second-order valence-corrected chi connectivity index (χ2v) is 5.89. The van der Waals surface area contributed by atoms with Crippen LogP contribution in [0.15, 0.2) is 53.5 Å². The van der Waals surface area contributed by atoms with Gasteiger partial charge in [0, 0.05) is 24.6 Å². The van der Waals surface area contributed by atoms with Gasteiger partial charge in [-0.25, -0.2) is 8.78 Å². The molecular weight excluding hydrogens is 324 g/mol. The van der Waals surface area contributed by atoms with Crippen LogP contribution in [0.2, 0.25) is 0 Å². The molecule has 1 fully saturated rings. The van der Waals surface area contributed by atoms with Gasteiger partial charge in [-0.1, -0.05) is 24.3 Å². The summed E-state index contributed by atoms with van der Waals surface area (Å²) in [6.45, 7) is 1.06. The van der Waals surface area contributed by atoms with E-state index >= 15 is 0 Å². The zero-order valence-electron chi connectivity index (χ0n) is 14.0. The highest BCUT2D eigenvalue weighted by Gasteiger charge is 2.42. The molecule has 1 aliphatic rings. The Bertz CT molecular complexity index is 716. The summed E-state index contributed by atoms with van der Waals surface area (Å²) in [6, 6.07) is 13.5. The molecule has 25 heavy (non-hydrogen) atoms. The first-order valence-corrected chi connectivity index (χ1v) is 8.28. The van der Waals surface area contributed by atoms with Crippen LogP contribution in [0, 0.1) is 11.6 Å². The predicted octanol–water partition coefficient (Wildman–Crippen LogP) is 3.06. The molecule has 0 amide bonds. The normalized spacial score (nSPS) is 19.4. The van der Waals surface area contributed by atoms with Crippen molar-refractivity contribution >= 4 is 5.96 Å². The summed E-state index contributed by atoms with van der Waals surface area (Å²) in [5.74, 6) is 0.257. The van der Waals surface area contributed by atoms with Crippen LogP contribution in [0.5, 0.6) is 5.75 Å². The lowest BCUT2D eigenvalue weighted by Gasteiger charge is -2.13. The molecule has 6 heteroatoms. The van der Waals surface area contributed by atoms with Gasteiger partial charge in [0.05, 0.1) is 6.54 Å². The minimum absolute atomic E-state index is 0.0207. The average Bonchev–Trinajstić information content (AvgIpc) is 3.37. The molecule has 3 rings (SSSR count). The van der Waals surface area contributed by atoms with E-state index in [4.69, 9.17) is 4.74 Å². The van der Waals surface area contributed by atoms with Crippen LogP contribution in [-0.2, 0) is 0 Å². The standard InChI is InChI=1S/C19H21F2N3O/c1-22-19(23-10-11-25-13-6-3-2-4-7-13)24-17-12-14(17)18-15(20)8-5-9-16(18)21/h2-9,14,17H,10-12H2,1H3,(H2,22,23,24). The van der Waals surface area contributed by atoms with Crippen molar-refractivity contribution in [1.82, 2.24) is 10.6 Å². The van der Waals surface area contributed by atoms with Crippen molar-refractivity contribution in [3.8, 4) is 5.75 Å².